The van der Waals surface area contributed by atoms with Gasteiger partial charge in [-0.1, -0.05) is 44.2 Å². The van der Waals surface area contributed by atoms with E-state index in [0.717, 1.165) is 11.6 Å². The number of alkyl halides is 3. The van der Waals surface area contributed by atoms with Gasteiger partial charge in [-0.05, 0) is 23.6 Å². The van der Waals surface area contributed by atoms with Crippen LogP contribution >= 0.6 is 0 Å². The SMILES string of the molecule is CC(C)c1c(C(=O)NCC(=O)OCc2ccccc2)cnn1-c1ccc(C(F)(F)F)cn1. The molecule has 0 spiro atoms. The van der Waals surface area contributed by atoms with E-state index in [0.29, 0.717) is 11.9 Å². The number of nitrogens with zero attached hydrogens (tertiary/aromatic N) is 3. The molecule has 3 aromatic rings. The lowest BCUT2D eigenvalue weighted by Crippen LogP contribution is -2.31. The van der Waals surface area contributed by atoms with Crippen molar-refractivity contribution < 1.29 is 27.5 Å². The molecule has 0 radical (unpaired) electrons. The quantitative estimate of drug-likeness (QED) is 0.557. The van der Waals surface area contributed by atoms with Gasteiger partial charge in [-0.2, -0.15) is 18.3 Å². The highest BCUT2D eigenvalue weighted by atomic mass is 19.4. The summed E-state index contributed by atoms with van der Waals surface area (Å²) in [7, 11) is 0. The van der Waals surface area contributed by atoms with E-state index >= 15 is 0 Å². The van der Waals surface area contributed by atoms with Gasteiger partial charge in [0.2, 0.25) is 0 Å². The standard InChI is InChI=1S/C22H21F3N4O3/c1-14(2)20-17(11-28-29(20)18-9-8-16(10-26-18)22(23,24)25)21(31)27-12-19(30)32-13-15-6-4-3-5-7-15/h3-11,14H,12-13H2,1-2H3,(H,27,31). The molecule has 0 saturated carbocycles. The Balaban J connectivity index is 1.69. The van der Waals surface area contributed by atoms with E-state index < -0.39 is 23.6 Å². The molecule has 2 heterocycles. The molecule has 1 aromatic carbocycles. The van der Waals surface area contributed by atoms with Crippen molar-refractivity contribution in [3.8, 4) is 5.82 Å². The summed E-state index contributed by atoms with van der Waals surface area (Å²) >= 11 is 0. The zero-order valence-electron chi connectivity index (χ0n) is 17.4. The summed E-state index contributed by atoms with van der Waals surface area (Å²) in [5.41, 5.74) is 0.580. The molecular formula is C22H21F3N4O3. The van der Waals surface area contributed by atoms with Crippen molar-refractivity contribution in [2.75, 3.05) is 6.54 Å². The molecule has 32 heavy (non-hydrogen) atoms. The van der Waals surface area contributed by atoms with Gasteiger partial charge in [0.15, 0.2) is 5.82 Å². The summed E-state index contributed by atoms with van der Waals surface area (Å²) in [5.74, 6) is -1.22. The first-order valence-corrected chi connectivity index (χ1v) is 9.76. The largest absolute Gasteiger partial charge is 0.460 e. The predicted molar refractivity (Wildman–Crippen MR) is 109 cm³/mol. The molecule has 0 aliphatic rings. The summed E-state index contributed by atoms with van der Waals surface area (Å²) in [6.07, 6.45) is -2.50. The van der Waals surface area contributed by atoms with E-state index in [1.165, 1.54) is 16.9 Å². The Labute approximate surface area is 182 Å². The minimum absolute atomic E-state index is 0.0876. The van der Waals surface area contributed by atoms with Crippen molar-refractivity contribution in [3.63, 3.8) is 0 Å². The summed E-state index contributed by atoms with van der Waals surface area (Å²) in [6, 6.07) is 11.2. The summed E-state index contributed by atoms with van der Waals surface area (Å²) in [4.78, 5) is 28.4. The summed E-state index contributed by atoms with van der Waals surface area (Å²) in [6.45, 7) is 3.36. The van der Waals surface area contributed by atoms with Gasteiger partial charge in [0, 0.05) is 6.20 Å². The molecule has 0 aliphatic heterocycles. The zero-order chi connectivity index (χ0) is 23.3. The molecule has 0 unspecified atom stereocenters. The number of ether oxygens (including phenoxy) is 1. The van der Waals surface area contributed by atoms with Crippen LogP contribution in [0.1, 0.15) is 46.9 Å². The summed E-state index contributed by atoms with van der Waals surface area (Å²) < 4.78 is 44.8. The van der Waals surface area contributed by atoms with Gasteiger partial charge >= 0.3 is 12.1 Å². The normalized spacial score (nSPS) is 11.4. The summed E-state index contributed by atoms with van der Waals surface area (Å²) in [5, 5.41) is 6.61. The van der Waals surface area contributed by atoms with E-state index in [1.54, 1.807) is 0 Å². The van der Waals surface area contributed by atoms with Gasteiger partial charge in [0.05, 0.1) is 23.0 Å². The Kier molecular flexibility index (Phi) is 6.92. The Hall–Kier alpha value is -3.69. The van der Waals surface area contributed by atoms with Crippen molar-refractivity contribution in [1.29, 1.82) is 0 Å². The topological polar surface area (TPSA) is 86.1 Å². The van der Waals surface area contributed by atoms with E-state index in [2.05, 4.69) is 15.4 Å². The molecule has 0 saturated heterocycles. The number of halogens is 3. The number of carbonyl (C=O) groups is 2. The number of nitrogens with one attached hydrogen (secondary N) is 1. The van der Waals surface area contributed by atoms with Crippen LogP contribution in [-0.2, 0) is 22.3 Å². The van der Waals surface area contributed by atoms with Crippen LogP contribution in [-0.4, -0.2) is 33.2 Å². The fraction of sp³-hybridized carbons (Fsp3) is 0.273. The van der Waals surface area contributed by atoms with Crippen LogP contribution in [0.2, 0.25) is 0 Å². The van der Waals surface area contributed by atoms with Crippen LogP contribution in [0, 0.1) is 0 Å². The van der Waals surface area contributed by atoms with Crippen LogP contribution in [0.15, 0.2) is 54.9 Å². The van der Waals surface area contributed by atoms with Gasteiger partial charge in [0.25, 0.3) is 5.91 Å². The lowest BCUT2D eigenvalue weighted by Gasteiger charge is -2.13. The smallest absolute Gasteiger partial charge is 0.417 e. The molecule has 1 amide bonds. The van der Waals surface area contributed by atoms with Gasteiger partial charge < -0.3 is 10.1 Å². The van der Waals surface area contributed by atoms with Crippen molar-refractivity contribution in [2.45, 2.75) is 32.5 Å². The minimum atomic E-state index is -4.50. The number of hydrogen-bond acceptors (Lipinski definition) is 5. The number of aromatic nitrogens is 3. The highest BCUT2D eigenvalue weighted by Gasteiger charge is 2.31. The van der Waals surface area contributed by atoms with Crippen molar-refractivity contribution >= 4 is 11.9 Å². The second kappa shape index (κ2) is 9.63. The first-order valence-electron chi connectivity index (χ1n) is 9.76. The van der Waals surface area contributed by atoms with Gasteiger partial charge in [0.1, 0.15) is 13.2 Å². The number of esters is 1. The van der Waals surface area contributed by atoms with E-state index in [1.807, 2.05) is 44.2 Å². The highest BCUT2D eigenvalue weighted by Crippen LogP contribution is 2.29. The van der Waals surface area contributed by atoms with Crippen LogP contribution in [0.4, 0.5) is 13.2 Å². The fourth-order valence-corrected chi connectivity index (χ4v) is 2.99. The average molecular weight is 446 g/mol. The van der Waals surface area contributed by atoms with Gasteiger partial charge in [-0.25, -0.2) is 9.67 Å². The lowest BCUT2D eigenvalue weighted by atomic mass is 10.1. The average Bonchev–Trinajstić information content (AvgIpc) is 3.22. The molecule has 2 aromatic heterocycles. The molecule has 7 nitrogen and oxygen atoms in total. The number of rotatable bonds is 7. The molecular weight excluding hydrogens is 425 g/mol. The highest BCUT2D eigenvalue weighted by molar-refractivity contribution is 5.97. The van der Waals surface area contributed by atoms with Crippen LogP contribution in [0.3, 0.4) is 0 Å². The number of hydrogen-bond donors (Lipinski definition) is 1. The predicted octanol–water partition coefficient (Wildman–Crippen LogP) is 3.88. The zero-order valence-corrected chi connectivity index (χ0v) is 17.4. The lowest BCUT2D eigenvalue weighted by molar-refractivity contribution is -0.143. The Bertz CT molecular complexity index is 1080. The van der Waals surface area contributed by atoms with Gasteiger partial charge in [-0.3, -0.25) is 9.59 Å². The third kappa shape index (κ3) is 5.51. The van der Waals surface area contributed by atoms with Crippen LogP contribution in [0.5, 0.6) is 0 Å². The van der Waals surface area contributed by atoms with E-state index in [4.69, 9.17) is 4.74 Å². The second-order valence-corrected chi connectivity index (χ2v) is 7.24. The van der Waals surface area contributed by atoms with Crippen molar-refractivity contribution in [2.24, 2.45) is 0 Å². The molecule has 0 atom stereocenters. The van der Waals surface area contributed by atoms with Crippen molar-refractivity contribution in [1.82, 2.24) is 20.1 Å². The number of carbonyl (C=O) groups excluding carboxylic acids is 2. The van der Waals surface area contributed by atoms with E-state index in [-0.39, 0.29) is 30.5 Å². The third-order valence-corrected chi connectivity index (χ3v) is 4.53. The third-order valence-electron chi connectivity index (χ3n) is 4.53. The monoisotopic (exact) mass is 446 g/mol. The number of benzene rings is 1. The van der Waals surface area contributed by atoms with Crippen LogP contribution in [0.25, 0.3) is 5.82 Å². The Morgan fingerprint density at radius 2 is 1.81 bits per heavy atom. The molecule has 10 heteroatoms. The molecule has 3 rings (SSSR count). The fourth-order valence-electron chi connectivity index (χ4n) is 2.99. The maximum Gasteiger partial charge on any atom is 0.417 e. The molecule has 0 bridgehead atoms. The number of amides is 1. The molecule has 1 N–H and O–H groups in total. The molecule has 0 aliphatic carbocycles. The van der Waals surface area contributed by atoms with Gasteiger partial charge in [-0.15, -0.1) is 0 Å². The molecule has 0 fully saturated rings. The number of pyridine rings is 1. The first-order chi connectivity index (χ1) is 15.2. The Morgan fingerprint density at radius 3 is 2.41 bits per heavy atom. The second-order valence-electron chi connectivity index (χ2n) is 7.24. The van der Waals surface area contributed by atoms with Crippen LogP contribution < -0.4 is 5.32 Å². The Morgan fingerprint density at radius 1 is 1.09 bits per heavy atom. The van der Waals surface area contributed by atoms with E-state index in [9.17, 15) is 22.8 Å². The maximum atomic E-state index is 12.8. The minimum Gasteiger partial charge on any atom is -0.460 e. The first kappa shape index (κ1) is 23.0. The molecule has 168 valence electrons. The van der Waals surface area contributed by atoms with Crippen molar-refractivity contribution in [3.05, 3.63) is 77.2 Å². The maximum absolute atomic E-state index is 12.8.